The van der Waals surface area contributed by atoms with Crippen molar-refractivity contribution in [1.82, 2.24) is 4.98 Å². The highest BCUT2D eigenvalue weighted by atomic mass is 35.5. The third-order valence-corrected chi connectivity index (χ3v) is 4.05. The van der Waals surface area contributed by atoms with Crippen molar-refractivity contribution >= 4 is 34.7 Å². The molecule has 0 aliphatic rings. The lowest BCUT2D eigenvalue weighted by Crippen LogP contribution is -2.12. The highest BCUT2D eigenvalue weighted by Gasteiger charge is 2.09. The summed E-state index contributed by atoms with van der Waals surface area (Å²) in [5.74, 6) is 0.955. The second-order valence-electron chi connectivity index (χ2n) is 5.73. The molecule has 2 N–H and O–H groups in total. The normalized spacial score (nSPS) is 10.3. The van der Waals surface area contributed by atoms with Crippen molar-refractivity contribution in [2.75, 3.05) is 17.7 Å². The van der Waals surface area contributed by atoms with Crippen LogP contribution in [0.25, 0.3) is 0 Å². The molecule has 6 heteroatoms. The minimum absolute atomic E-state index is 0.263. The summed E-state index contributed by atoms with van der Waals surface area (Å²) in [6, 6.07) is 16.5. The number of benzene rings is 2. The summed E-state index contributed by atoms with van der Waals surface area (Å²) >= 11 is 6.07. The Morgan fingerprint density at radius 2 is 1.77 bits per heavy atom. The van der Waals surface area contributed by atoms with Crippen LogP contribution in [0.5, 0.6) is 5.75 Å². The zero-order valence-corrected chi connectivity index (χ0v) is 15.2. The zero-order chi connectivity index (χ0) is 18.5. The molecule has 0 spiro atoms. The van der Waals surface area contributed by atoms with E-state index in [1.54, 1.807) is 30.3 Å². The number of rotatable bonds is 5. The van der Waals surface area contributed by atoms with Gasteiger partial charge in [0.15, 0.2) is 0 Å². The Morgan fingerprint density at radius 3 is 2.38 bits per heavy atom. The highest BCUT2D eigenvalue weighted by Crippen LogP contribution is 2.27. The van der Waals surface area contributed by atoms with Crippen LogP contribution in [0.2, 0.25) is 5.02 Å². The lowest BCUT2D eigenvalue weighted by molar-refractivity contribution is 0.102. The SMILES string of the molecule is COc1ccc(NC(=O)c2ccc(Nc3ccc(C)cc3)nc2)cc1Cl. The third kappa shape index (κ3) is 4.32. The van der Waals surface area contributed by atoms with Gasteiger partial charge in [-0.05, 0) is 49.4 Å². The molecule has 1 aromatic heterocycles. The number of ether oxygens (including phenoxy) is 1. The number of aromatic nitrogens is 1. The molecule has 3 rings (SSSR count). The van der Waals surface area contributed by atoms with Crippen LogP contribution in [0.3, 0.4) is 0 Å². The molecule has 0 saturated heterocycles. The van der Waals surface area contributed by atoms with Crippen molar-refractivity contribution in [1.29, 1.82) is 0 Å². The molecule has 0 atom stereocenters. The van der Waals surface area contributed by atoms with Gasteiger partial charge in [0.25, 0.3) is 5.91 Å². The van der Waals surface area contributed by atoms with E-state index in [9.17, 15) is 4.79 Å². The minimum Gasteiger partial charge on any atom is -0.495 e. The summed E-state index contributed by atoms with van der Waals surface area (Å²) in [5.41, 5.74) is 3.16. The van der Waals surface area contributed by atoms with Gasteiger partial charge < -0.3 is 15.4 Å². The number of hydrogen-bond acceptors (Lipinski definition) is 4. The number of carbonyl (C=O) groups is 1. The summed E-state index contributed by atoms with van der Waals surface area (Å²) in [4.78, 5) is 16.6. The number of nitrogens with zero attached hydrogens (tertiary/aromatic N) is 1. The number of aryl methyl sites for hydroxylation is 1. The van der Waals surface area contributed by atoms with E-state index in [4.69, 9.17) is 16.3 Å². The van der Waals surface area contributed by atoms with Gasteiger partial charge in [0.1, 0.15) is 11.6 Å². The Bertz CT molecular complexity index is 909. The van der Waals surface area contributed by atoms with Gasteiger partial charge in [0.05, 0.1) is 17.7 Å². The molecule has 3 aromatic rings. The van der Waals surface area contributed by atoms with Gasteiger partial charge in [0, 0.05) is 17.6 Å². The predicted octanol–water partition coefficient (Wildman–Crippen LogP) is 5.05. The van der Waals surface area contributed by atoms with E-state index in [2.05, 4.69) is 15.6 Å². The fraction of sp³-hybridized carbons (Fsp3) is 0.100. The molecule has 26 heavy (non-hydrogen) atoms. The van der Waals surface area contributed by atoms with Crippen molar-refractivity contribution in [3.05, 3.63) is 76.9 Å². The van der Waals surface area contributed by atoms with E-state index in [-0.39, 0.29) is 5.91 Å². The molecule has 0 saturated carbocycles. The molecule has 0 radical (unpaired) electrons. The number of amides is 1. The van der Waals surface area contributed by atoms with Gasteiger partial charge >= 0.3 is 0 Å². The molecule has 2 aromatic carbocycles. The van der Waals surface area contributed by atoms with Gasteiger partial charge in [-0.3, -0.25) is 4.79 Å². The fourth-order valence-corrected chi connectivity index (χ4v) is 2.59. The van der Waals surface area contributed by atoms with E-state index in [0.29, 0.717) is 27.8 Å². The maximum atomic E-state index is 12.3. The van der Waals surface area contributed by atoms with E-state index in [1.165, 1.54) is 18.9 Å². The standard InChI is InChI=1S/C20H18ClN3O2/c1-13-3-6-15(7-4-13)23-19-10-5-14(12-22-19)20(25)24-16-8-9-18(26-2)17(21)11-16/h3-12H,1-2H3,(H,22,23)(H,24,25). The molecule has 0 fully saturated rings. The molecular formula is C20H18ClN3O2. The molecule has 1 amide bonds. The highest BCUT2D eigenvalue weighted by molar-refractivity contribution is 6.32. The topological polar surface area (TPSA) is 63.2 Å². The van der Waals surface area contributed by atoms with Crippen LogP contribution in [-0.2, 0) is 0 Å². The van der Waals surface area contributed by atoms with Gasteiger partial charge in [-0.15, -0.1) is 0 Å². The summed E-state index contributed by atoms with van der Waals surface area (Å²) < 4.78 is 5.10. The Kier molecular flexibility index (Phi) is 5.39. The van der Waals surface area contributed by atoms with Gasteiger partial charge in [0.2, 0.25) is 0 Å². The summed E-state index contributed by atoms with van der Waals surface area (Å²) in [6.07, 6.45) is 1.52. The van der Waals surface area contributed by atoms with Crippen LogP contribution in [0.15, 0.2) is 60.8 Å². The van der Waals surface area contributed by atoms with Crippen LogP contribution in [0.4, 0.5) is 17.2 Å². The number of carbonyl (C=O) groups excluding carboxylic acids is 1. The van der Waals surface area contributed by atoms with Gasteiger partial charge in [-0.2, -0.15) is 0 Å². The van der Waals surface area contributed by atoms with Gasteiger partial charge in [-0.25, -0.2) is 4.98 Å². The lowest BCUT2D eigenvalue weighted by atomic mass is 10.2. The van der Waals surface area contributed by atoms with Crippen molar-refractivity contribution in [2.45, 2.75) is 6.92 Å². The summed E-state index contributed by atoms with van der Waals surface area (Å²) in [7, 11) is 1.54. The largest absolute Gasteiger partial charge is 0.495 e. The Morgan fingerprint density at radius 1 is 1.04 bits per heavy atom. The maximum absolute atomic E-state index is 12.3. The van der Waals surface area contributed by atoms with Crippen molar-refractivity contribution in [3.8, 4) is 5.75 Å². The first-order valence-corrected chi connectivity index (χ1v) is 8.37. The lowest BCUT2D eigenvalue weighted by Gasteiger charge is -2.09. The number of nitrogens with one attached hydrogen (secondary N) is 2. The molecule has 0 aliphatic carbocycles. The Hall–Kier alpha value is -3.05. The third-order valence-electron chi connectivity index (χ3n) is 3.76. The molecule has 5 nitrogen and oxygen atoms in total. The van der Waals surface area contributed by atoms with Crippen LogP contribution < -0.4 is 15.4 Å². The fourth-order valence-electron chi connectivity index (χ4n) is 2.33. The average molecular weight is 368 g/mol. The zero-order valence-electron chi connectivity index (χ0n) is 14.4. The van der Waals surface area contributed by atoms with Gasteiger partial charge in [-0.1, -0.05) is 29.3 Å². The monoisotopic (exact) mass is 367 g/mol. The molecule has 132 valence electrons. The molecule has 0 unspecified atom stereocenters. The van der Waals surface area contributed by atoms with E-state index in [1.807, 2.05) is 31.2 Å². The molecule has 0 bridgehead atoms. The Labute approximate surface area is 157 Å². The second kappa shape index (κ2) is 7.89. The summed E-state index contributed by atoms with van der Waals surface area (Å²) in [6.45, 7) is 2.03. The minimum atomic E-state index is -0.263. The predicted molar refractivity (Wildman–Crippen MR) is 105 cm³/mol. The number of pyridine rings is 1. The van der Waals surface area contributed by atoms with Crippen LogP contribution in [0, 0.1) is 6.92 Å². The van der Waals surface area contributed by atoms with E-state index < -0.39 is 0 Å². The van der Waals surface area contributed by atoms with Crippen molar-refractivity contribution in [3.63, 3.8) is 0 Å². The van der Waals surface area contributed by atoms with Crippen LogP contribution in [0.1, 0.15) is 15.9 Å². The molecular weight excluding hydrogens is 350 g/mol. The molecule has 0 aliphatic heterocycles. The first-order valence-electron chi connectivity index (χ1n) is 8.00. The first kappa shape index (κ1) is 17.8. The smallest absolute Gasteiger partial charge is 0.257 e. The number of hydrogen-bond donors (Lipinski definition) is 2. The second-order valence-corrected chi connectivity index (χ2v) is 6.13. The number of halogens is 1. The quantitative estimate of drug-likeness (QED) is 0.662. The Balaban J connectivity index is 1.66. The van der Waals surface area contributed by atoms with E-state index in [0.717, 1.165) is 5.69 Å². The number of methoxy groups -OCH3 is 1. The van der Waals surface area contributed by atoms with E-state index >= 15 is 0 Å². The molecule has 1 heterocycles. The van der Waals surface area contributed by atoms with Crippen LogP contribution >= 0.6 is 11.6 Å². The van der Waals surface area contributed by atoms with Crippen molar-refractivity contribution < 1.29 is 9.53 Å². The summed E-state index contributed by atoms with van der Waals surface area (Å²) in [5, 5.41) is 6.41. The number of anilines is 3. The van der Waals surface area contributed by atoms with Crippen LogP contribution in [-0.4, -0.2) is 18.0 Å². The average Bonchev–Trinajstić information content (AvgIpc) is 2.64. The maximum Gasteiger partial charge on any atom is 0.257 e. The first-order chi connectivity index (χ1) is 12.5. The van der Waals surface area contributed by atoms with Crippen molar-refractivity contribution in [2.24, 2.45) is 0 Å².